The Labute approximate surface area is 163 Å². The third-order valence-electron chi connectivity index (χ3n) is 6.91. The fraction of sp³-hybridized carbons (Fsp3) is 0.650. The number of hydrogen-bond acceptors (Lipinski definition) is 5. The highest BCUT2D eigenvalue weighted by Gasteiger charge is 2.59. The Morgan fingerprint density at radius 3 is 2.29 bits per heavy atom. The number of carbonyl (C=O) groups excluding carboxylic acids is 1. The molecule has 1 aromatic carbocycles. The van der Waals surface area contributed by atoms with Crippen molar-refractivity contribution in [1.29, 1.82) is 0 Å². The van der Waals surface area contributed by atoms with E-state index in [1.807, 2.05) is 6.92 Å². The Hall–Kier alpha value is -1.54. The van der Waals surface area contributed by atoms with E-state index in [1.165, 1.54) is 5.56 Å². The van der Waals surface area contributed by atoms with E-state index in [4.69, 9.17) is 4.74 Å². The summed E-state index contributed by atoms with van der Waals surface area (Å²) in [5.74, 6) is -1.39. The predicted octanol–water partition coefficient (Wildman–Crippen LogP) is 3.51. The summed E-state index contributed by atoms with van der Waals surface area (Å²) in [6.45, 7) is 1.76. The second-order valence-electron chi connectivity index (χ2n) is 9.15. The molecule has 8 heteroatoms. The molecule has 5 nitrogen and oxygen atoms in total. The van der Waals surface area contributed by atoms with Gasteiger partial charge in [0.25, 0.3) is 0 Å². The van der Waals surface area contributed by atoms with E-state index < -0.39 is 26.8 Å². The lowest BCUT2D eigenvalue weighted by Gasteiger charge is -2.62. The zero-order chi connectivity index (χ0) is 20.4. The molecule has 4 aliphatic rings. The molecule has 0 amide bonds. The summed E-state index contributed by atoms with van der Waals surface area (Å²) in [4.78, 5) is 11.6. The lowest BCUT2D eigenvalue weighted by molar-refractivity contribution is -0.173. The molecule has 0 spiro atoms. The highest BCUT2D eigenvalue weighted by Crippen LogP contribution is 2.65. The molecule has 154 valence electrons. The second-order valence-corrected chi connectivity index (χ2v) is 10.6. The number of halogens is 2. The van der Waals surface area contributed by atoms with Crippen LogP contribution in [0.15, 0.2) is 24.3 Å². The summed E-state index contributed by atoms with van der Waals surface area (Å²) in [5.41, 5.74) is 1.90. The highest BCUT2D eigenvalue weighted by molar-refractivity contribution is 7.87. The molecule has 5 rings (SSSR count). The van der Waals surface area contributed by atoms with E-state index in [0.717, 1.165) is 44.1 Å². The molecule has 0 aliphatic heterocycles. The molecule has 0 saturated heterocycles. The zero-order valence-corrected chi connectivity index (χ0v) is 16.4. The normalized spacial score (nSPS) is 34.4. The number of esters is 1. The quantitative estimate of drug-likeness (QED) is 0.545. The van der Waals surface area contributed by atoms with Crippen LogP contribution >= 0.6 is 0 Å². The van der Waals surface area contributed by atoms with Gasteiger partial charge in [-0.25, -0.2) is 13.2 Å². The largest absolute Gasteiger partial charge is 0.743 e. The first-order valence-corrected chi connectivity index (χ1v) is 10.9. The van der Waals surface area contributed by atoms with Crippen LogP contribution in [0.1, 0.15) is 49.7 Å². The number of hydrogen-bond donors (Lipinski definition) is 0. The maximum absolute atomic E-state index is 13.5. The first-order valence-electron chi connectivity index (χ1n) is 9.52. The van der Waals surface area contributed by atoms with Crippen LogP contribution in [0.5, 0.6) is 0 Å². The van der Waals surface area contributed by atoms with Crippen molar-refractivity contribution in [2.24, 2.45) is 17.3 Å². The van der Waals surface area contributed by atoms with E-state index in [0.29, 0.717) is 11.8 Å². The Bertz CT molecular complexity index is 880. The van der Waals surface area contributed by atoms with Gasteiger partial charge < -0.3 is 9.29 Å². The number of ether oxygens (including phenoxy) is 1. The lowest BCUT2D eigenvalue weighted by atomic mass is 9.43. The molecule has 0 N–H and O–H groups in total. The fourth-order valence-electron chi connectivity index (χ4n) is 6.27. The minimum atomic E-state index is -6.10. The first kappa shape index (κ1) is 19.8. The van der Waals surface area contributed by atoms with Gasteiger partial charge in [0.1, 0.15) is 0 Å². The molecule has 0 radical (unpaired) electrons. The van der Waals surface area contributed by atoms with Gasteiger partial charge in [0.05, 0.1) is 6.61 Å². The maximum Gasteiger partial charge on any atom is 0.428 e. The van der Waals surface area contributed by atoms with Crippen molar-refractivity contribution in [2.75, 3.05) is 6.61 Å². The van der Waals surface area contributed by atoms with Gasteiger partial charge in [-0.2, -0.15) is 8.78 Å². The van der Waals surface area contributed by atoms with Crippen molar-refractivity contribution in [1.82, 2.24) is 0 Å². The molecule has 4 saturated carbocycles. The number of carbonyl (C=O) groups is 1. The topological polar surface area (TPSA) is 83.5 Å². The van der Waals surface area contributed by atoms with Crippen LogP contribution in [0, 0.1) is 24.2 Å². The first-order chi connectivity index (χ1) is 12.9. The summed E-state index contributed by atoms with van der Waals surface area (Å²) in [5, 5.41) is -5.05. The minimum Gasteiger partial charge on any atom is -0.743 e. The van der Waals surface area contributed by atoms with Crippen LogP contribution in [-0.4, -0.2) is 30.8 Å². The molecule has 28 heavy (non-hydrogen) atoms. The predicted molar refractivity (Wildman–Crippen MR) is 95.6 cm³/mol. The third kappa shape index (κ3) is 3.14. The number of benzene rings is 1. The average molecular weight is 413 g/mol. The van der Waals surface area contributed by atoms with Crippen molar-refractivity contribution in [3.05, 3.63) is 35.4 Å². The van der Waals surface area contributed by atoms with Crippen LogP contribution in [0.2, 0.25) is 0 Å². The van der Waals surface area contributed by atoms with Gasteiger partial charge in [0.15, 0.2) is 10.1 Å². The number of rotatable bonds is 5. The van der Waals surface area contributed by atoms with E-state index >= 15 is 0 Å². The van der Waals surface area contributed by atoms with Crippen molar-refractivity contribution >= 4 is 16.1 Å². The SMILES string of the molecule is Cc1ccc(C23CC4CC(CC(COC(=O)C(F)(F)S(=O)(=O)[O-])(C4)C2)C3)cc1. The van der Waals surface area contributed by atoms with Crippen LogP contribution in [0.25, 0.3) is 0 Å². The van der Waals surface area contributed by atoms with Gasteiger partial charge in [-0.15, -0.1) is 0 Å². The monoisotopic (exact) mass is 413 g/mol. The van der Waals surface area contributed by atoms with Crippen LogP contribution < -0.4 is 0 Å². The summed E-state index contributed by atoms with van der Waals surface area (Å²) >= 11 is 0. The van der Waals surface area contributed by atoms with Crippen molar-refractivity contribution in [3.8, 4) is 0 Å². The summed E-state index contributed by atoms with van der Waals surface area (Å²) in [7, 11) is -6.10. The van der Waals surface area contributed by atoms with Gasteiger partial charge in [-0.05, 0) is 68.3 Å². The molecule has 4 fully saturated rings. The minimum absolute atomic E-state index is 0.0582. The molecule has 2 atom stereocenters. The van der Waals surface area contributed by atoms with Crippen molar-refractivity contribution in [3.63, 3.8) is 0 Å². The van der Waals surface area contributed by atoms with Gasteiger partial charge in [-0.3, -0.25) is 0 Å². The molecular formula is C20H23F2O5S-. The Morgan fingerprint density at radius 2 is 1.75 bits per heavy atom. The Balaban J connectivity index is 1.57. The third-order valence-corrected chi connectivity index (χ3v) is 7.70. The van der Waals surface area contributed by atoms with Crippen LogP contribution in [0.3, 0.4) is 0 Å². The molecular weight excluding hydrogens is 390 g/mol. The molecule has 2 unspecified atom stereocenters. The van der Waals surface area contributed by atoms with E-state index in [1.54, 1.807) is 0 Å². The molecule has 0 aromatic heterocycles. The average Bonchev–Trinajstić information content (AvgIpc) is 2.58. The molecule has 4 bridgehead atoms. The smallest absolute Gasteiger partial charge is 0.428 e. The number of alkyl halides is 2. The van der Waals surface area contributed by atoms with E-state index in [9.17, 15) is 26.5 Å². The number of aryl methyl sites for hydroxylation is 1. The van der Waals surface area contributed by atoms with Gasteiger partial charge in [0, 0.05) is 5.41 Å². The summed E-state index contributed by atoms with van der Waals surface area (Å²) in [6, 6.07) is 8.39. The van der Waals surface area contributed by atoms with Gasteiger partial charge in [-0.1, -0.05) is 29.8 Å². The van der Waals surface area contributed by atoms with Gasteiger partial charge >= 0.3 is 11.2 Å². The molecule has 4 aliphatic carbocycles. The van der Waals surface area contributed by atoms with Crippen LogP contribution in [-0.2, 0) is 25.1 Å². The van der Waals surface area contributed by atoms with E-state index in [2.05, 4.69) is 24.3 Å². The lowest BCUT2D eigenvalue weighted by Crippen LogP contribution is -2.56. The second kappa shape index (κ2) is 6.23. The summed E-state index contributed by atoms with van der Waals surface area (Å²) in [6.07, 6.45) is 5.44. The standard InChI is InChI=1S/C20H24F2O5S/c1-13-2-4-16(5-3-13)19-9-14-6-15(10-19)8-18(7-14,11-19)12-27-17(23)20(21,22)28(24,25)26/h2-5,14-15H,6-12H2,1H3,(H,24,25,26)/p-1. The Morgan fingerprint density at radius 1 is 1.18 bits per heavy atom. The maximum atomic E-state index is 13.5. The summed E-state index contributed by atoms with van der Waals surface area (Å²) < 4.78 is 63.7. The zero-order valence-electron chi connectivity index (χ0n) is 15.6. The van der Waals surface area contributed by atoms with Gasteiger partial charge in [0.2, 0.25) is 0 Å². The molecule has 0 heterocycles. The highest BCUT2D eigenvalue weighted by atomic mass is 32.2. The van der Waals surface area contributed by atoms with Crippen molar-refractivity contribution < 1.29 is 31.3 Å². The van der Waals surface area contributed by atoms with E-state index in [-0.39, 0.29) is 12.0 Å². The van der Waals surface area contributed by atoms with Crippen LogP contribution in [0.4, 0.5) is 8.78 Å². The molecule has 1 aromatic rings. The van der Waals surface area contributed by atoms with Crippen molar-refractivity contribution in [2.45, 2.75) is 56.1 Å². The fourth-order valence-corrected chi connectivity index (χ4v) is 6.53. The Kier molecular flexibility index (Phi) is 4.39.